The van der Waals surface area contributed by atoms with Gasteiger partial charge in [0.05, 0.1) is 24.8 Å². The fourth-order valence-corrected chi connectivity index (χ4v) is 4.07. The summed E-state index contributed by atoms with van der Waals surface area (Å²) >= 11 is 6.28. The quantitative estimate of drug-likeness (QED) is 0.511. The molecule has 0 fully saturated rings. The van der Waals surface area contributed by atoms with Crippen molar-refractivity contribution in [2.45, 2.75) is 32.5 Å². The second kappa shape index (κ2) is 10.4. The number of fused-ring (bicyclic) bond motifs is 1. The molecule has 0 radical (unpaired) electrons. The van der Waals surface area contributed by atoms with Gasteiger partial charge >= 0.3 is 0 Å². The van der Waals surface area contributed by atoms with Crippen LogP contribution in [0.5, 0.6) is 11.5 Å². The van der Waals surface area contributed by atoms with Crippen molar-refractivity contribution < 1.29 is 14.3 Å². The van der Waals surface area contributed by atoms with Crippen LogP contribution in [0.1, 0.15) is 24.5 Å². The number of amides is 1. The van der Waals surface area contributed by atoms with Crippen LogP contribution >= 0.6 is 11.6 Å². The topological polar surface area (TPSA) is 50.8 Å². The summed E-state index contributed by atoms with van der Waals surface area (Å²) in [5.74, 6) is 1.55. The minimum absolute atomic E-state index is 0.0339. The van der Waals surface area contributed by atoms with E-state index in [4.69, 9.17) is 21.1 Å². The summed E-state index contributed by atoms with van der Waals surface area (Å²) in [5.41, 5.74) is 3.03. The van der Waals surface area contributed by atoms with Gasteiger partial charge in [-0.05, 0) is 36.8 Å². The number of carbonyl (C=O) groups excluding carboxylic acids is 1. The van der Waals surface area contributed by atoms with Gasteiger partial charge in [-0.2, -0.15) is 0 Å². The summed E-state index contributed by atoms with van der Waals surface area (Å²) in [7, 11) is 0. The largest absolute Gasteiger partial charge is 0.494 e. The maximum atomic E-state index is 12.9. The van der Waals surface area contributed by atoms with Crippen molar-refractivity contribution >= 4 is 23.2 Å². The second-order valence-corrected chi connectivity index (χ2v) is 8.15. The molecule has 32 heavy (non-hydrogen) atoms. The highest BCUT2D eigenvalue weighted by Crippen LogP contribution is 2.37. The van der Waals surface area contributed by atoms with Gasteiger partial charge in [0.15, 0.2) is 0 Å². The first-order chi connectivity index (χ1) is 15.6. The molecule has 0 bridgehead atoms. The molecule has 1 atom stereocenters. The van der Waals surface area contributed by atoms with E-state index in [2.05, 4.69) is 22.3 Å². The van der Waals surface area contributed by atoms with Crippen LogP contribution in [0.4, 0.5) is 5.69 Å². The van der Waals surface area contributed by atoms with Crippen LogP contribution in [0.2, 0.25) is 5.02 Å². The average molecular weight is 451 g/mol. The van der Waals surface area contributed by atoms with Gasteiger partial charge in [0, 0.05) is 23.7 Å². The van der Waals surface area contributed by atoms with E-state index in [1.54, 1.807) is 0 Å². The molecule has 1 amide bonds. The van der Waals surface area contributed by atoms with E-state index in [-0.39, 0.29) is 11.9 Å². The van der Waals surface area contributed by atoms with Crippen molar-refractivity contribution in [1.82, 2.24) is 5.32 Å². The molecule has 5 nitrogen and oxygen atoms in total. The molecule has 0 aromatic heterocycles. The van der Waals surface area contributed by atoms with E-state index in [0.29, 0.717) is 37.7 Å². The molecule has 0 saturated heterocycles. The molecule has 1 N–H and O–H groups in total. The van der Waals surface area contributed by atoms with Crippen molar-refractivity contribution in [3.05, 3.63) is 88.9 Å². The Morgan fingerprint density at radius 1 is 1.12 bits per heavy atom. The number of carbonyl (C=O) groups is 1. The molecule has 0 aliphatic carbocycles. The van der Waals surface area contributed by atoms with Crippen molar-refractivity contribution in [3.8, 4) is 11.5 Å². The van der Waals surface area contributed by atoms with Gasteiger partial charge in [0.1, 0.15) is 18.1 Å². The van der Waals surface area contributed by atoms with Crippen LogP contribution in [0.15, 0.2) is 72.8 Å². The Balaban J connectivity index is 1.48. The highest BCUT2D eigenvalue weighted by molar-refractivity contribution is 6.31. The number of nitrogens with one attached hydrogen (secondary N) is 1. The minimum atomic E-state index is -0.108. The van der Waals surface area contributed by atoms with E-state index in [1.165, 1.54) is 0 Å². The fraction of sp³-hybridized carbons (Fsp3) is 0.269. The molecule has 3 aromatic rings. The fourth-order valence-electron chi connectivity index (χ4n) is 3.90. The molecule has 0 spiro atoms. The first-order valence-electron chi connectivity index (χ1n) is 10.8. The molecule has 6 heteroatoms. The van der Waals surface area contributed by atoms with Gasteiger partial charge in [0.2, 0.25) is 5.91 Å². The highest BCUT2D eigenvalue weighted by Gasteiger charge is 2.29. The Morgan fingerprint density at radius 2 is 1.91 bits per heavy atom. The molecular weight excluding hydrogens is 424 g/mol. The van der Waals surface area contributed by atoms with Crippen LogP contribution in [0.3, 0.4) is 0 Å². The molecule has 0 saturated carbocycles. The highest BCUT2D eigenvalue weighted by atomic mass is 35.5. The third-order valence-corrected chi connectivity index (χ3v) is 5.70. The Morgan fingerprint density at radius 3 is 2.72 bits per heavy atom. The number of hydrogen-bond donors (Lipinski definition) is 1. The minimum Gasteiger partial charge on any atom is -0.494 e. The third-order valence-electron chi connectivity index (χ3n) is 5.47. The molecule has 1 heterocycles. The molecule has 1 aliphatic rings. The number of halogens is 1. The van der Waals surface area contributed by atoms with Crippen molar-refractivity contribution in [1.29, 1.82) is 0 Å². The number of nitrogens with zero attached hydrogens (tertiary/aromatic N) is 1. The average Bonchev–Trinajstić information content (AvgIpc) is 2.81. The van der Waals surface area contributed by atoms with E-state index >= 15 is 0 Å². The molecular formula is C26H27ClN2O3. The smallest absolute Gasteiger partial charge is 0.222 e. The second-order valence-electron chi connectivity index (χ2n) is 7.71. The van der Waals surface area contributed by atoms with Crippen LogP contribution in [-0.4, -0.2) is 25.2 Å². The van der Waals surface area contributed by atoms with Crippen molar-refractivity contribution in [2.75, 3.05) is 18.1 Å². The standard InChI is InChI=1S/C26H27ClN2O3/c1-2-31-24-11-7-6-10-20(24)16-28-26(30)15-22-18-32-25-13-12-21(27)14-23(25)29(22)17-19-8-4-3-5-9-19/h3-14,22H,2,15-18H2,1H3,(H,28,30). The lowest BCUT2D eigenvalue weighted by Gasteiger charge is -2.38. The monoisotopic (exact) mass is 450 g/mol. The van der Waals surface area contributed by atoms with Crippen LogP contribution in [0, 0.1) is 0 Å². The van der Waals surface area contributed by atoms with Crippen molar-refractivity contribution in [3.63, 3.8) is 0 Å². The third kappa shape index (κ3) is 5.35. The van der Waals surface area contributed by atoms with E-state index in [1.807, 2.05) is 67.6 Å². The number of anilines is 1. The summed E-state index contributed by atoms with van der Waals surface area (Å²) in [6.45, 7) is 4.06. The first-order valence-corrected chi connectivity index (χ1v) is 11.2. The van der Waals surface area contributed by atoms with Gasteiger partial charge < -0.3 is 19.7 Å². The van der Waals surface area contributed by atoms with Gasteiger partial charge in [-0.15, -0.1) is 0 Å². The maximum Gasteiger partial charge on any atom is 0.222 e. The lowest BCUT2D eigenvalue weighted by Crippen LogP contribution is -2.45. The maximum absolute atomic E-state index is 12.9. The zero-order valence-electron chi connectivity index (χ0n) is 18.1. The number of rotatable bonds is 8. The van der Waals surface area contributed by atoms with E-state index < -0.39 is 0 Å². The lowest BCUT2D eigenvalue weighted by molar-refractivity contribution is -0.121. The van der Waals surface area contributed by atoms with Crippen LogP contribution < -0.4 is 19.7 Å². The summed E-state index contributed by atoms with van der Waals surface area (Å²) in [4.78, 5) is 15.1. The Hall–Kier alpha value is -3.18. The predicted octanol–water partition coefficient (Wildman–Crippen LogP) is 5.21. The van der Waals surface area contributed by atoms with Gasteiger partial charge in [-0.1, -0.05) is 60.1 Å². The number of para-hydroxylation sites is 1. The summed E-state index contributed by atoms with van der Waals surface area (Å²) < 4.78 is 11.6. The molecule has 1 aliphatic heterocycles. The zero-order valence-corrected chi connectivity index (χ0v) is 18.8. The molecule has 166 valence electrons. The number of hydrogen-bond acceptors (Lipinski definition) is 4. The Bertz CT molecular complexity index is 1060. The Labute approximate surface area is 193 Å². The molecule has 4 rings (SSSR count). The summed E-state index contributed by atoms with van der Waals surface area (Å²) in [6.07, 6.45) is 0.315. The van der Waals surface area contributed by atoms with Gasteiger partial charge in [0.25, 0.3) is 0 Å². The van der Waals surface area contributed by atoms with Crippen molar-refractivity contribution in [2.24, 2.45) is 0 Å². The van der Waals surface area contributed by atoms with E-state index in [9.17, 15) is 4.79 Å². The summed E-state index contributed by atoms with van der Waals surface area (Å²) in [5, 5.41) is 3.68. The lowest BCUT2D eigenvalue weighted by atomic mass is 10.1. The van der Waals surface area contributed by atoms with Crippen LogP contribution in [0.25, 0.3) is 0 Å². The number of ether oxygens (including phenoxy) is 2. The van der Waals surface area contributed by atoms with Gasteiger partial charge in [-0.25, -0.2) is 0 Å². The molecule has 1 unspecified atom stereocenters. The molecule has 3 aromatic carbocycles. The predicted molar refractivity (Wildman–Crippen MR) is 127 cm³/mol. The first kappa shape index (κ1) is 22.0. The van der Waals surface area contributed by atoms with E-state index in [0.717, 1.165) is 28.3 Å². The normalized spacial score (nSPS) is 14.9. The Kier molecular flexibility index (Phi) is 7.17. The SMILES string of the molecule is CCOc1ccccc1CNC(=O)CC1COc2ccc(Cl)cc2N1Cc1ccccc1. The summed E-state index contributed by atoms with van der Waals surface area (Å²) in [6, 6.07) is 23.5. The number of benzene rings is 3. The van der Waals surface area contributed by atoms with Crippen LogP contribution in [-0.2, 0) is 17.9 Å². The zero-order chi connectivity index (χ0) is 22.3. The van der Waals surface area contributed by atoms with Gasteiger partial charge in [-0.3, -0.25) is 4.79 Å².